The zero-order valence-corrected chi connectivity index (χ0v) is 11.8. The number of likely N-dealkylation sites (tertiary alicyclic amines) is 1. The van der Waals surface area contributed by atoms with Crippen LogP contribution in [0, 0.1) is 0 Å². The van der Waals surface area contributed by atoms with Crippen molar-refractivity contribution in [2.45, 2.75) is 38.0 Å². The molecule has 1 heterocycles. The van der Waals surface area contributed by atoms with Crippen molar-refractivity contribution in [1.29, 1.82) is 0 Å². The minimum atomic E-state index is -0.813. The molecule has 0 aliphatic carbocycles. The maximum Gasteiger partial charge on any atom is 0.320 e. The van der Waals surface area contributed by atoms with Crippen molar-refractivity contribution >= 4 is 5.97 Å². The number of methoxy groups -OCH3 is 1. The summed E-state index contributed by atoms with van der Waals surface area (Å²) in [6.07, 6.45) is 0.765. The summed E-state index contributed by atoms with van der Waals surface area (Å²) in [5, 5.41) is 19.7. The van der Waals surface area contributed by atoms with E-state index in [2.05, 4.69) is 0 Å². The molecular weight excluding hydrogens is 258 g/mol. The molecule has 1 aromatic carbocycles. The van der Waals surface area contributed by atoms with E-state index in [4.69, 9.17) is 4.74 Å². The highest BCUT2D eigenvalue weighted by molar-refractivity contribution is 5.73. The van der Waals surface area contributed by atoms with E-state index in [1.807, 2.05) is 30.0 Å². The van der Waals surface area contributed by atoms with Gasteiger partial charge in [-0.15, -0.1) is 0 Å². The summed E-state index contributed by atoms with van der Waals surface area (Å²) in [7, 11) is 1.58. The minimum absolute atomic E-state index is 0.245. The van der Waals surface area contributed by atoms with E-state index >= 15 is 0 Å². The molecule has 20 heavy (non-hydrogen) atoms. The van der Waals surface area contributed by atoms with E-state index in [9.17, 15) is 15.0 Å². The molecule has 5 heteroatoms. The van der Waals surface area contributed by atoms with Gasteiger partial charge in [-0.3, -0.25) is 9.69 Å². The third-order valence-electron chi connectivity index (χ3n) is 3.99. The summed E-state index contributed by atoms with van der Waals surface area (Å²) in [5.74, 6) is -0.128. The van der Waals surface area contributed by atoms with Crippen LogP contribution in [0.3, 0.4) is 0 Å². The molecule has 0 bridgehead atoms. The lowest BCUT2D eigenvalue weighted by atomic mass is 10.0. The predicted octanol–water partition coefficient (Wildman–Crippen LogP) is 1.67. The molecule has 0 saturated carbocycles. The van der Waals surface area contributed by atoms with Gasteiger partial charge in [0.25, 0.3) is 0 Å². The van der Waals surface area contributed by atoms with E-state index in [0.29, 0.717) is 18.7 Å². The van der Waals surface area contributed by atoms with Crippen LogP contribution in [0.4, 0.5) is 0 Å². The maximum absolute atomic E-state index is 11.2. The molecular formula is C15H21NO4. The number of carboxylic acid groups (broad SMARTS) is 1. The van der Waals surface area contributed by atoms with Crippen LogP contribution in [0.5, 0.6) is 5.75 Å². The average molecular weight is 279 g/mol. The first-order chi connectivity index (χ1) is 9.54. The summed E-state index contributed by atoms with van der Waals surface area (Å²) < 4.78 is 5.15. The fourth-order valence-corrected chi connectivity index (χ4v) is 2.83. The molecule has 1 aliphatic heterocycles. The van der Waals surface area contributed by atoms with Gasteiger partial charge in [0, 0.05) is 6.04 Å². The number of aliphatic hydroxyl groups is 1. The average Bonchev–Trinajstić information content (AvgIpc) is 2.95. The van der Waals surface area contributed by atoms with E-state index in [0.717, 1.165) is 12.0 Å². The van der Waals surface area contributed by atoms with Gasteiger partial charge in [0.15, 0.2) is 0 Å². The molecule has 0 spiro atoms. The van der Waals surface area contributed by atoms with Crippen molar-refractivity contribution in [1.82, 2.24) is 4.90 Å². The number of ether oxygens (including phenoxy) is 1. The molecule has 3 unspecified atom stereocenters. The van der Waals surface area contributed by atoms with E-state index in [1.165, 1.54) is 0 Å². The summed E-state index contributed by atoms with van der Waals surface area (Å²) in [5.41, 5.74) is 0.743. The second kappa shape index (κ2) is 6.24. The summed E-state index contributed by atoms with van der Waals surface area (Å²) in [6, 6.07) is 6.51. The van der Waals surface area contributed by atoms with Crippen LogP contribution in [0.25, 0.3) is 0 Å². The molecule has 2 N–H and O–H groups in total. The fourth-order valence-electron chi connectivity index (χ4n) is 2.83. The van der Waals surface area contributed by atoms with Gasteiger partial charge >= 0.3 is 5.97 Å². The van der Waals surface area contributed by atoms with Gasteiger partial charge in [-0.1, -0.05) is 12.1 Å². The van der Waals surface area contributed by atoms with Crippen molar-refractivity contribution in [2.75, 3.05) is 13.7 Å². The second-order valence-corrected chi connectivity index (χ2v) is 5.20. The molecule has 1 saturated heterocycles. The molecule has 1 fully saturated rings. The van der Waals surface area contributed by atoms with Gasteiger partial charge < -0.3 is 14.9 Å². The molecule has 1 aromatic rings. The van der Waals surface area contributed by atoms with Crippen LogP contribution in [-0.2, 0) is 4.79 Å². The monoisotopic (exact) mass is 279 g/mol. The summed E-state index contributed by atoms with van der Waals surface area (Å²) >= 11 is 0. The van der Waals surface area contributed by atoms with Crippen molar-refractivity contribution in [3.63, 3.8) is 0 Å². The van der Waals surface area contributed by atoms with E-state index < -0.39 is 18.1 Å². The summed E-state index contributed by atoms with van der Waals surface area (Å²) in [4.78, 5) is 13.1. The number of benzene rings is 1. The Morgan fingerprint density at radius 3 is 2.90 bits per heavy atom. The summed E-state index contributed by atoms with van der Waals surface area (Å²) in [6.45, 7) is 2.57. The Kier molecular flexibility index (Phi) is 4.62. The smallest absolute Gasteiger partial charge is 0.320 e. The Labute approximate surface area is 118 Å². The number of nitrogens with zero attached hydrogens (tertiary/aromatic N) is 1. The topological polar surface area (TPSA) is 70.0 Å². The molecule has 0 radical (unpaired) electrons. The van der Waals surface area contributed by atoms with Gasteiger partial charge in [-0.2, -0.15) is 0 Å². The predicted molar refractivity (Wildman–Crippen MR) is 74.8 cm³/mol. The quantitative estimate of drug-likeness (QED) is 0.858. The van der Waals surface area contributed by atoms with Crippen LogP contribution in [-0.4, -0.2) is 46.8 Å². The van der Waals surface area contributed by atoms with Crippen LogP contribution >= 0.6 is 0 Å². The zero-order valence-electron chi connectivity index (χ0n) is 11.8. The highest BCUT2D eigenvalue weighted by Crippen LogP contribution is 2.29. The van der Waals surface area contributed by atoms with Crippen LogP contribution < -0.4 is 4.74 Å². The molecule has 5 nitrogen and oxygen atoms in total. The third kappa shape index (κ3) is 2.94. The van der Waals surface area contributed by atoms with Crippen LogP contribution in [0.1, 0.15) is 31.4 Å². The SMILES string of the molecule is COc1cccc(C(O)C(C)N2CCCC2C(=O)O)c1. The number of rotatable bonds is 5. The first-order valence-corrected chi connectivity index (χ1v) is 6.85. The van der Waals surface area contributed by atoms with Crippen LogP contribution in [0.15, 0.2) is 24.3 Å². The first kappa shape index (κ1) is 14.8. The highest BCUT2D eigenvalue weighted by Gasteiger charge is 2.36. The first-order valence-electron chi connectivity index (χ1n) is 6.85. The molecule has 0 aromatic heterocycles. The lowest BCUT2D eigenvalue weighted by molar-refractivity contribution is -0.143. The lowest BCUT2D eigenvalue weighted by Crippen LogP contribution is -2.44. The maximum atomic E-state index is 11.2. The number of hydrogen-bond donors (Lipinski definition) is 2. The number of hydrogen-bond acceptors (Lipinski definition) is 4. The molecule has 110 valence electrons. The lowest BCUT2D eigenvalue weighted by Gasteiger charge is -2.32. The second-order valence-electron chi connectivity index (χ2n) is 5.20. The Morgan fingerprint density at radius 1 is 1.50 bits per heavy atom. The molecule has 3 atom stereocenters. The number of aliphatic carboxylic acids is 1. The van der Waals surface area contributed by atoms with Gasteiger partial charge in [0.2, 0.25) is 0 Å². The number of aliphatic hydroxyl groups excluding tert-OH is 1. The largest absolute Gasteiger partial charge is 0.497 e. The Hall–Kier alpha value is -1.59. The van der Waals surface area contributed by atoms with Crippen molar-refractivity contribution in [3.05, 3.63) is 29.8 Å². The Bertz CT molecular complexity index is 477. The number of carbonyl (C=O) groups is 1. The van der Waals surface area contributed by atoms with Gasteiger partial charge in [-0.05, 0) is 44.0 Å². The normalized spacial score (nSPS) is 22.4. The molecule has 1 aliphatic rings. The molecule has 2 rings (SSSR count). The van der Waals surface area contributed by atoms with Gasteiger partial charge in [0.1, 0.15) is 11.8 Å². The number of carboxylic acids is 1. The van der Waals surface area contributed by atoms with Crippen molar-refractivity contribution in [2.24, 2.45) is 0 Å². The van der Waals surface area contributed by atoms with Gasteiger partial charge in [-0.25, -0.2) is 0 Å². The van der Waals surface area contributed by atoms with Gasteiger partial charge in [0.05, 0.1) is 13.2 Å². The standard InChI is InChI=1S/C15H21NO4/c1-10(16-8-4-7-13(16)15(18)19)14(17)11-5-3-6-12(9-11)20-2/h3,5-6,9-10,13-14,17H,4,7-8H2,1-2H3,(H,18,19). The third-order valence-corrected chi connectivity index (χ3v) is 3.99. The Morgan fingerprint density at radius 2 is 2.25 bits per heavy atom. The fraction of sp³-hybridized carbons (Fsp3) is 0.533. The minimum Gasteiger partial charge on any atom is -0.497 e. The van der Waals surface area contributed by atoms with Crippen molar-refractivity contribution < 1.29 is 19.7 Å². The Balaban J connectivity index is 2.15. The van der Waals surface area contributed by atoms with Crippen molar-refractivity contribution in [3.8, 4) is 5.75 Å². The highest BCUT2D eigenvalue weighted by atomic mass is 16.5. The van der Waals surface area contributed by atoms with Crippen LogP contribution in [0.2, 0.25) is 0 Å². The van der Waals surface area contributed by atoms with E-state index in [-0.39, 0.29) is 6.04 Å². The zero-order chi connectivity index (χ0) is 14.7. The molecule has 0 amide bonds. The van der Waals surface area contributed by atoms with E-state index in [1.54, 1.807) is 13.2 Å².